The van der Waals surface area contributed by atoms with Gasteiger partial charge in [-0.1, -0.05) is 12.1 Å². The average Bonchev–Trinajstić information content (AvgIpc) is 3.14. The van der Waals surface area contributed by atoms with Gasteiger partial charge in [-0.3, -0.25) is 0 Å². The van der Waals surface area contributed by atoms with Crippen LogP contribution in [0.3, 0.4) is 0 Å². The van der Waals surface area contributed by atoms with E-state index in [0.717, 1.165) is 36.4 Å². The van der Waals surface area contributed by atoms with E-state index >= 15 is 0 Å². The molecule has 0 radical (unpaired) electrons. The molecule has 2 aromatic rings. The zero-order valence-corrected chi connectivity index (χ0v) is 15.4. The van der Waals surface area contributed by atoms with Gasteiger partial charge in [0.15, 0.2) is 16.6 Å². The molecule has 0 aromatic heterocycles. The van der Waals surface area contributed by atoms with E-state index in [9.17, 15) is 4.39 Å². The number of benzene rings is 2. The van der Waals surface area contributed by atoms with Crippen LogP contribution in [-0.4, -0.2) is 29.8 Å². The Bertz CT molecular complexity index is 843. The van der Waals surface area contributed by atoms with Crippen LogP contribution in [0, 0.1) is 12.7 Å². The first-order valence-corrected chi connectivity index (χ1v) is 9.26. The van der Waals surface area contributed by atoms with Gasteiger partial charge < -0.3 is 19.7 Å². The van der Waals surface area contributed by atoms with Crippen molar-refractivity contribution in [3.8, 4) is 11.5 Å². The summed E-state index contributed by atoms with van der Waals surface area (Å²) >= 11 is 5.61. The lowest BCUT2D eigenvalue weighted by molar-refractivity contribution is 0.171. The number of thiocarbonyl (C=S) groups is 1. The highest BCUT2D eigenvalue weighted by Crippen LogP contribution is 2.38. The molecule has 6 heteroatoms. The monoisotopic (exact) mass is 372 g/mol. The SMILES string of the molecule is Cc1ccc(NC(=S)N2CCC[C@H]2c2ccc3c(c2)OCCO3)cc1F. The summed E-state index contributed by atoms with van der Waals surface area (Å²) in [6.07, 6.45) is 2.08. The number of nitrogens with zero attached hydrogens (tertiary/aromatic N) is 1. The molecule has 26 heavy (non-hydrogen) atoms. The molecular weight excluding hydrogens is 351 g/mol. The number of ether oxygens (including phenoxy) is 2. The highest BCUT2D eigenvalue weighted by Gasteiger charge is 2.29. The summed E-state index contributed by atoms with van der Waals surface area (Å²) in [4.78, 5) is 2.17. The normalized spacial score (nSPS) is 18.7. The molecule has 4 rings (SSSR count). The smallest absolute Gasteiger partial charge is 0.173 e. The number of fused-ring (bicyclic) bond motifs is 1. The molecule has 1 saturated heterocycles. The summed E-state index contributed by atoms with van der Waals surface area (Å²) in [5, 5.41) is 3.79. The maximum atomic E-state index is 13.8. The first kappa shape index (κ1) is 17.1. The second kappa shape index (κ2) is 7.11. The van der Waals surface area contributed by atoms with Crippen LogP contribution in [-0.2, 0) is 0 Å². The lowest BCUT2D eigenvalue weighted by atomic mass is 10.0. The number of halogens is 1. The van der Waals surface area contributed by atoms with Gasteiger partial charge in [0.25, 0.3) is 0 Å². The Morgan fingerprint density at radius 2 is 1.96 bits per heavy atom. The number of likely N-dealkylation sites (tertiary alicyclic amines) is 1. The molecule has 4 nitrogen and oxygen atoms in total. The molecule has 136 valence electrons. The van der Waals surface area contributed by atoms with Crippen molar-refractivity contribution in [2.75, 3.05) is 25.1 Å². The molecule has 0 unspecified atom stereocenters. The predicted molar refractivity (Wildman–Crippen MR) is 103 cm³/mol. The van der Waals surface area contributed by atoms with Gasteiger partial charge in [0.1, 0.15) is 19.0 Å². The van der Waals surface area contributed by atoms with Crippen molar-refractivity contribution in [3.05, 3.63) is 53.3 Å². The lowest BCUT2D eigenvalue weighted by Crippen LogP contribution is -2.34. The van der Waals surface area contributed by atoms with E-state index in [1.165, 1.54) is 6.07 Å². The second-order valence-electron chi connectivity index (χ2n) is 6.65. The van der Waals surface area contributed by atoms with Gasteiger partial charge in [-0.2, -0.15) is 0 Å². The molecule has 1 atom stereocenters. The highest BCUT2D eigenvalue weighted by molar-refractivity contribution is 7.80. The van der Waals surface area contributed by atoms with Gasteiger partial charge in [0.05, 0.1) is 6.04 Å². The van der Waals surface area contributed by atoms with E-state index in [2.05, 4.69) is 16.3 Å². The number of hydrogen-bond donors (Lipinski definition) is 1. The number of rotatable bonds is 2. The summed E-state index contributed by atoms with van der Waals surface area (Å²) in [6.45, 7) is 3.78. The molecule has 2 aliphatic heterocycles. The molecule has 2 aromatic carbocycles. The van der Waals surface area contributed by atoms with Crippen LogP contribution >= 0.6 is 12.2 Å². The Balaban J connectivity index is 1.52. The Morgan fingerprint density at radius 3 is 2.77 bits per heavy atom. The summed E-state index contributed by atoms with van der Waals surface area (Å²) in [5.41, 5.74) is 2.45. The van der Waals surface area contributed by atoms with Crippen LogP contribution in [0.4, 0.5) is 10.1 Å². The van der Waals surface area contributed by atoms with Gasteiger partial charge in [-0.05, 0) is 67.4 Å². The average molecular weight is 372 g/mol. The Morgan fingerprint density at radius 1 is 1.15 bits per heavy atom. The maximum Gasteiger partial charge on any atom is 0.173 e. The lowest BCUT2D eigenvalue weighted by Gasteiger charge is -2.29. The van der Waals surface area contributed by atoms with Crippen molar-refractivity contribution in [2.45, 2.75) is 25.8 Å². The predicted octanol–water partition coefficient (Wildman–Crippen LogP) is 4.44. The van der Waals surface area contributed by atoms with Crippen LogP contribution in [0.5, 0.6) is 11.5 Å². The zero-order chi connectivity index (χ0) is 18.1. The van der Waals surface area contributed by atoms with Crippen LogP contribution in [0.2, 0.25) is 0 Å². The Labute approximate surface area is 157 Å². The number of aryl methyl sites for hydroxylation is 1. The molecule has 1 fully saturated rings. The quantitative estimate of drug-likeness (QED) is 0.789. The standard InChI is InChI=1S/C20H21FN2O2S/c1-13-4-6-15(12-16(13)21)22-20(26)23-8-2-3-17(23)14-5-7-18-19(11-14)25-10-9-24-18/h4-7,11-12,17H,2-3,8-10H2,1H3,(H,22,26)/t17-/m0/s1. The molecular formula is C20H21FN2O2S. The fraction of sp³-hybridized carbons (Fsp3) is 0.350. The van der Waals surface area contributed by atoms with Gasteiger partial charge in [-0.25, -0.2) is 4.39 Å². The Kier molecular flexibility index (Phi) is 4.68. The van der Waals surface area contributed by atoms with E-state index in [4.69, 9.17) is 21.7 Å². The van der Waals surface area contributed by atoms with Crippen molar-refractivity contribution in [2.24, 2.45) is 0 Å². The van der Waals surface area contributed by atoms with Crippen molar-refractivity contribution >= 4 is 23.0 Å². The minimum absolute atomic E-state index is 0.182. The van der Waals surface area contributed by atoms with Crippen LogP contribution in [0.1, 0.15) is 30.0 Å². The first-order valence-electron chi connectivity index (χ1n) is 8.85. The van der Waals surface area contributed by atoms with E-state index < -0.39 is 0 Å². The number of anilines is 1. The minimum atomic E-state index is -0.234. The van der Waals surface area contributed by atoms with Gasteiger partial charge in [-0.15, -0.1) is 0 Å². The van der Waals surface area contributed by atoms with Gasteiger partial charge in [0, 0.05) is 12.2 Å². The number of hydrogen-bond acceptors (Lipinski definition) is 3. The summed E-state index contributed by atoms with van der Waals surface area (Å²) in [7, 11) is 0. The molecule has 2 heterocycles. The zero-order valence-electron chi connectivity index (χ0n) is 14.6. The third-order valence-electron chi connectivity index (χ3n) is 4.89. The van der Waals surface area contributed by atoms with Crippen molar-refractivity contribution in [1.29, 1.82) is 0 Å². The van der Waals surface area contributed by atoms with E-state index in [1.54, 1.807) is 13.0 Å². The van der Waals surface area contributed by atoms with E-state index in [1.807, 2.05) is 18.2 Å². The topological polar surface area (TPSA) is 33.7 Å². The summed E-state index contributed by atoms with van der Waals surface area (Å²) < 4.78 is 25.1. The van der Waals surface area contributed by atoms with Crippen molar-refractivity contribution < 1.29 is 13.9 Å². The molecule has 2 aliphatic rings. The number of nitrogens with one attached hydrogen (secondary N) is 1. The largest absolute Gasteiger partial charge is 0.486 e. The molecule has 1 N–H and O–H groups in total. The van der Waals surface area contributed by atoms with Crippen molar-refractivity contribution in [3.63, 3.8) is 0 Å². The molecule has 0 aliphatic carbocycles. The van der Waals surface area contributed by atoms with Crippen LogP contribution in [0.25, 0.3) is 0 Å². The fourth-order valence-electron chi connectivity index (χ4n) is 3.49. The van der Waals surface area contributed by atoms with Crippen LogP contribution in [0.15, 0.2) is 36.4 Å². The molecule has 0 bridgehead atoms. The van der Waals surface area contributed by atoms with E-state index in [0.29, 0.717) is 29.6 Å². The van der Waals surface area contributed by atoms with E-state index in [-0.39, 0.29) is 11.9 Å². The van der Waals surface area contributed by atoms with Crippen LogP contribution < -0.4 is 14.8 Å². The summed E-state index contributed by atoms with van der Waals surface area (Å²) in [5.74, 6) is 1.35. The second-order valence-corrected chi connectivity index (χ2v) is 7.04. The molecule has 0 spiro atoms. The summed E-state index contributed by atoms with van der Waals surface area (Å²) in [6, 6.07) is 11.3. The molecule has 0 amide bonds. The van der Waals surface area contributed by atoms with Crippen molar-refractivity contribution in [1.82, 2.24) is 4.90 Å². The highest BCUT2D eigenvalue weighted by atomic mass is 32.1. The third kappa shape index (κ3) is 3.33. The minimum Gasteiger partial charge on any atom is -0.486 e. The van der Waals surface area contributed by atoms with Gasteiger partial charge >= 0.3 is 0 Å². The molecule has 0 saturated carbocycles. The third-order valence-corrected chi connectivity index (χ3v) is 5.22. The fourth-order valence-corrected chi connectivity index (χ4v) is 3.83. The van der Waals surface area contributed by atoms with Gasteiger partial charge in [0.2, 0.25) is 0 Å². The maximum absolute atomic E-state index is 13.8. The Hall–Kier alpha value is -2.34. The first-order chi connectivity index (χ1) is 12.6.